The first-order chi connectivity index (χ1) is 10.7. The minimum atomic E-state index is -0.126. The van der Waals surface area contributed by atoms with Crippen LogP contribution in [-0.4, -0.2) is 0 Å². The molecule has 0 fully saturated rings. The molecular formula is C21H22N2. The zero-order valence-electron chi connectivity index (χ0n) is 14.4. The Hall–Kier alpha value is -2.58. The van der Waals surface area contributed by atoms with Gasteiger partial charge >= 0.3 is 0 Å². The molecule has 2 aromatic carbocycles. The van der Waals surface area contributed by atoms with Crippen LogP contribution in [0.5, 0.6) is 0 Å². The van der Waals surface area contributed by atoms with E-state index >= 15 is 0 Å². The van der Waals surface area contributed by atoms with Crippen molar-refractivity contribution < 1.29 is 0 Å². The third kappa shape index (κ3) is 2.86. The first-order valence-electron chi connectivity index (χ1n) is 7.76. The number of nitrogens with zero attached hydrogens (tertiary/aromatic N) is 2. The zero-order valence-corrected chi connectivity index (χ0v) is 14.4. The van der Waals surface area contributed by atoms with Crippen LogP contribution < -0.4 is 0 Å². The summed E-state index contributed by atoms with van der Waals surface area (Å²) < 4.78 is 0. The summed E-state index contributed by atoms with van der Waals surface area (Å²) in [7, 11) is 0. The minimum Gasteiger partial charge on any atom is -0.192 e. The molecule has 0 aliphatic heterocycles. The molecule has 2 nitrogen and oxygen atoms in total. The van der Waals surface area contributed by atoms with Gasteiger partial charge in [-0.1, -0.05) is 45.9 Å². The number of benzene rings is 2. The van der Waals surface area contributed by atoms with E-state index in [4.69, 9.17) is 10.5 Å². The highest BCUT2D eigenvalue weighted by Crippen LogP contribution is 2.44. The van der Waals surface area contributed by atoms with Crippen LogP contribution in [0.2, 0.25) is 0 Å². The third-order valence-corrected chi connectivity index (χ3v) is 5.33. The average molecular weight is 302 g/mol. The van der Waals surface area contributed by atoms with Gasteiger partial charge in [0.05, 0.1) is 23.3 Å². The summed E-state index contributed by atoms with van der Waals surface area (Å²) in [6, 6.07) is 18.1. The van der Waals surface area contributed by atoms with Crippen molar-refractivity contribution >= 4 is 0 Å². The summed E-state index contributed by atoms with van der Waals surface area (Å²) in [4.78, 5) is 0. The predicted octanol–water partition coefficient (Wildman–Crippen LogP) is 4.99. The first kappa shape index (κ1) is 16.8. The average Bonchev–Trinajstić information content (AvgIpc) is 2.54. The smallest absolute Gasteiger partial charge is 0.0991 e. The fraction of sp³-hybridized carbons (Fsp3) is 0.333. The van der Waals surface area contributed by atoms with E-state index in [-0.39, 0.29) is 10.8 Å². The molecule has 0 bridgehead atoms. The number of hydrogen-bond acceptors (Lipinski definition) is 2. The summed E-state index contributed by atoms with van der Waals surface area (Å²) in [5.41, 5.74) is 4.70. The molecule has 0 spiro atoms. The van der Waals surface area contributed by atoms with Gasteiger partial charge in [0.15, 0.2) is 0 Å². The van der Waals surface area contributed by atoms with Gasteiger partial charge in [-0.25, -0.2) is 0 Å². The molecule has 0 aliphatic carbocycles. The van der Waals surface area contributed by atoms with Crippen LogP contribution >= 0.6 is 0 Å². The Labute approximate surface area is 139 Å². The van der Waals surface area contributed by atoms with Crippen LogP contribution in [0, 0.1) is 29.6 Å². The molecule has 0 N–H and O–H groups in total. The lowest BCUT2D eigenvalue weighted by atomic mass is 9.60. The maximum Gasteiger partial charge on any atom is 0.0991 e. The normalized spacial score (nSPS) is 11.6. The second-order valence-corrected chi connectivity index (χ2v) is 7.08. The largest absolute Gasteiger partial charge is 0.192 e. The highest BCUT2D eigenvalue weighted by atomic mass is 14.4. The topological polar surface area (TPSA) is 47.6 Å². The van der Waals surface area contributed by atoms with Gasteiger partial charge in [0.2, 0.25) is 0 Å². The second kappa shape index (κ2) is 5.90. The number of aryl methyl sites for hydroxylation is 1. The van der Waals surface area contributed by atoms with E-state index in [0.717, 1.165) is 5.56 Å². The molecule has 0 aliphatic rings. The van der Waals surface area contributed by atoms with Crippen LogP contribution in [0.4, 0.5) is 0 Å². The molecule has 0 saturated heterocycles. The van der Waals surface area contributed by atoms with Gasteiger partial charge in [0, 0.05) is 0 Å². The maximum atomic E-state index is 9.07. The lowest BCUT2D eigenvalue weighted by Crippen LogP contribution is -2.40. The summed E-state index contributed by atoms with van der Waals surface area (Å²) in [5.74, 6) is 0. The maximum absolute atomic E-state index is 9.07. The Bertz CT molecular complexity index is 797. The van der Waals surface area contributed by atoms with Crippen molar-refractivity contribution in [1.29, 1.82) is 10.5 Å². The highest BCUT2D eigenvalue weighted by molar-refractivity contribution is 5.45. The van der Waals surface area contributed by atoms with Crippen LogP contribution in [-0.2, 0) is 10.8 Å². The molecule has 0 heterocycles. The molecule has 0 aromatic heterocycles. The third-order valence-electron chi connectivity index (χ3n) is 5.33. The SMILES string of the molecule is Cc1cc(C#N)ccc1C(C)(C)C(C)(C)c1ccc(C#N)cc1. The molecule has 2 heteroatoms. The molecule has 2 aromatic rings. The van der Waals surface area contributed by atoms with Crippen LogP contribution in [0.15, 0.2) is 42.5 Å². The van der Waals surface area contributed by atoms with Gasteiger partial charge in [-0.3, -0.25) is 0 Å². The van der Waals surface area contributed by atoms with Crippen LogP contribution in [0.3, 0.4) is 0 Å². The van der Waals surface area contributed by atoms with Crippen molar-refractivity contribution in [2.75, 3.05) is 0 Å². The van der Waals surface area contributed by atoms with Gasteiger partial charge in [-0.15, -0.1) is 0 Å². The van der Waals surface area contributed by atoms with Crippen LogP contribution in [0.25, 0.3) is 0 Å². The van der Waals surface area contributed by atoms with Crippen LogP contribution in [0.1, 0.15) is 55.5 Å². The zero-order chi connectivity index (χ0) is 17.3. The molecule has 0 unspecified atom stereocenters. The van der Waals surface area contributed by atoms with Gasteiger partial charge in [0.1, 0.15) is 0 Å². The van der Waals surface area contributed by atoms with Gasteiger partial charge in [-0.2, -0.15) is 10.5 Å². The highest BCUT2D eigenvalue weighted by Gasteiger charge is 2.40. The van der Waals surface area contributed by atoms with E-state index in [1.165, 1.54) is 11.1 Å². The van der Waals surface area contributed by atoms with Crippen molar-refractivity contribution in [1.82, 2.24) is 0 Å². The molecule has 23 heavy (non-hydrogen) atoms. The Balaban J connectivity index is 2.52. The first-order valence-corrected chi connectivity index (χ1v) is 7.76. The fourth-order valence-electron chi connectivity index (χ4n) is 3.09. The van der Waals surface area contributed by atoms with Gasteiger partial charge in [-0.05, 0) is 58.7 Å². The number of nitriles is 2. The van der Waals surface area contributed by atoms with Crippen molar-refractivity contribution in [2.24, 2.45) is 0 Å². The Morgan fingerprint density at radius 1 is 0.739 bits per heavy atom. The Morgan fingerprint density at radius 2 is 1.26 bits per heavy atom. The molecule has 0 amide bonds. The monoisotopic (exact) mass is 302 g/mol. The number of hydrogen-bond donors (Lipinski definition) is 0. The quantitative estimate of drug-likeness (QED) is 0.801. The van der Waals surface area contributed by atoms with E-state index in [2.05, 4.69) is 52.8 Å². The lowest BCUT2D eigenvalue weighted by Gasteiger charge is -2.43. The number of rotatable bonds is 3. The summed E-state index contributed by atoms with van der Waals surface area (Å²) >= 11 is 0. The molecule has 0 saturated carbocycles. The van der Waals surface area contributed by atoms with E-state index < -0.39 is 0 Å². The summed E-state index contributed by atoms with van der Waals surface area (Å²) in [6.45, 7) is 11.0. The van der Waals surface area contributed by atoms with Gasteiger partial charge in [0.25, 0.3) is 0 Å². The molecule has 0 atom stereocenters. The molecule has 116 valence electrons. The predicted molar refractivity (Wildman–Crippen MR) is 93.1 cm³/mol. The van der Waals surface area contributed by atoms with E-state index in [0.29, 0.717) is 11.1 Å². The van der Waals surface area contributed by atoms with E-state index in [1.807, 2.05) is 36.4 Å². The molecule has 2 rings (SSSR count). The van der Waals surface area contributed by atoms with Crippen molar-refractivity contribution in [3.05, 3.63) is 70.3 Å². The second-order valence-electron chi connectivity index (χ2n) is 7.08. The summed E-state index contributed by atoms with van der Waals surface area (Å²) in [5, 5.41) is 18.0. The minimum absolute atomic E-state index is 0.125. The van der Waals surface area contributed by atoms with Crippen molar-refractivity contribution in [3.63, 3.8) is 0 Å². The fourth-order valence-corrected chi connectivity index (χ4v) is 3.09. The van der Waals surface area contributed by atoms with Crippen molar-refractivity contribution in [2.45, 2.75) is 45.4 Å². The van der Waals surface area contributed by atoms with Crippen molar-refractivity contribution in [3.8, 4) is 12.1 Å². The Morgan fingerprint density at radius 3 is 1.74 bits per heavy atom. The molecular weight excluding hydrogens is 280 g/mol. The lowest BCUT2D eigenvalue weighted by molar-refractivity contribution is 0.301. The van der Waals surface area contributed by atoms with E-state index in [9.17, 15) is 0 Å². The standard InChI is InChI=1S/C21H22N2/c1-15-12-17(14-23)8-11-19(15)21(4,5)20(2,3)18-9-6-16(13-22)7-10-18/h6-12H,1-5H3. The summed E-state index contributed by atoms with van der Waals surface area (Å²) in [6.07, 6.45) is 0. The van der Waals surface area contributed by atoms with E-state index in [1.54, 1.807) is 0 Å². The molecule has 0 radical (unpaired) electrons. The Kier molecular flexibility index (Phi) is 4.31. The van der Waals surface area contributed by atoms with Gasteiger partial charge < -0.3 is 0 Å².